The van der Waals surface area contributed by atoms with Gasteiger partial charge in [-0.05, 0) is 137 Å². The van der Waals surface area contributed by atoms with Gasteiger partial charge in [0.25, 0.3) is 0 Å². The lowest BCUT2D eigenvalue weighted by Gasteiger charge is -2.32. The Morgan fingerprint density at radius 3 is 0.838 bits per heavy atom. The Kier molecular flexibility index (Phi) is 12.6. The molecule has 0 bridgehead atoms. The molecule has 0 aliphatic carbocycles. The molecule has 0 radical (unpaired) electrons. The molecule has 0 aliphatic rings. The topological polar surface area (TPSA) is 6.48 Å². The van der Waals surface area contributed by atoms with E-state index in [0.717, 1.165) is 89.4 Å². The van der Waals surface area contributed by atoms with Crippen molar-refractivity contribution in [1.29, 1.82) is 0 Å². The smallest absolute Gasteiger partial charge is 0.0546 e. The van der Waals surface area contributed by atoms with Crippen LogP contribution in [0.1, 0.15) is 0 Å². The molecule has 0 aromatic heterocycles. The molecule has 0 heterocycles. The maximum absolute atomic E-state index is 2.48. The quantitative estimate of drug-likeness (QED) is 0.120. The second kappa shape index (κ2) is 21.1. The Bertz CT molecular complexity index is 4190. The molecule has 376 valence electrons. The van der Waals surface area contributed by atoms with E-state index < -0.39 is 0 Å². The number of hydrogen-bond acceptors (Lipinski definition) is 2. The van der Waals surface area contributed by atoms with Crippen LogP contribution in [0.15, 0.2) is 328 Å². The van der Waals surface area contributed by atoms with E-state index in [1.165, 1.54) is 43.8 Å². The summed E-state index contributed by atoms with van der Waals surface area (Å²) in [5.74, 6) is 0. The fraction of sp³-hybridized carbons (Fsp3) is 0. The van der Waals surface area contributed by atoms with E-state index in [2.05, 4.69) is 337 Å². The number of anilines is 6. The van der Waals surface area contributed by atoms with Gasteiger partial charge in [-0.3, -0.25) is 0 Å². The maximum atomic E-state index is 2.48. The van der Waals surface area contributed by atoms with Gasteiger partial charge in [-0.15, -0.1) is 0 Å². The predicted octanol–water partition coefficient (Wildman–Crippen LogP) is 22.1. The molecule has 0 amide bonds. The molecule has 2 nitrogen and oxygen atoms in total. The van der Waals surface area contributed by atoms with Crippen molar-refractivity contribution in [3.05, 3.63) is 328 Å². The van der Waals surface area contributed by atoms with Crippen LogP contribution in [0.3, 0.4) is 0 Å². The summed E-state index contributed by atoms with van der Waals surface area (Å²) < 4.78 is 0. The monoisotopic (exact) mass is 1020 g/mol. The van der Waals surface area contributed by atoms with Crippen molar-refractivity contribution in [2.24, 2.45) is 0 Å². The highest BCUT2D eigenvalue weighted by Crippen LogP contribution is 2.51. The van der Waals surface area contributed by atoms with Crippen molar-refractivity contribution >= 4 is 66.4 Å². The van der Waals surface area contributed by atoms with Crippen LogP contribution < -0.4 is 9.80 Å². The van der Waals surface area contributed by atoms with Gasteiger partial charge in [0, 0.05) is 33.6 Å². The van der Waals surface area contributed by atoms with Crippen molar-refractivity contribution in [3.8, 4) is 66.8 Å². The summed E-state index contributed by atoms with van der Waals surface area (Å²) in [6.45, 7) is 0. The zero-order valence-corrected chi connectivity index (χ0v) is 44.1. The molecule has 14 aromatic rings. The number of benzene rings is 14. The third kappa shape index (κ3) is 9.05. The number of hydrogen-bond donors (Lipinski definition) is 0. The van der Waals surface area contributed by atoms with Crippen molar-refractivity contribution < 1.29 is 0 Å². The van der Waals surface area contributed by atoms with Gasteiger partial charge in [-0.25, -0.2) is 0 Å². The van der Waals surface area contributed by atoms with E-state index in [1.54, 1.807) is 0 Å². The standard InChI is InChI=1S/C78H54N2/c1-5-23-57(24-6-1)71-37-17-19-41-75(71)79(65-47-43-61(44-48-65)69-39-21-33-55-31-13-15-35-67(55)69)77-53-63-52-74(60-29-11-4-12-30-60)78(54-64(63)51-73(77)59-27-9-3-10-28-59)80(76-42-20-18-38-72(76)58-25-7-2-8-26-58)66-49-45-62(46-50-66)70-40-22-34-56-32-14-16-36-68(56)70/h1-54H. The van der Waals surface area contributed by atoms with E-state index in [0.29, 0.717) is 0 Å². The van der Waals surface area contributed by atoms with E-state index in [1.807, 2.05) is 0 Å². The van der Waals surface area contributed by atoms with Gasteiger partial charge in [0.2, 0.25) is 0 Å². The zero-order valence-electron chi connectivity index (χ0n) is 44.1. The van der Waals surface area contributed by atoms with E-state index >= 15 is 0 Å². The maximum Gasteiger partial charge on any atom is 0.0546 e. The normalized spacial score (nSPS) is 11.2. The van der Waals surface area contributed by atoms with Crippen LogP contribution >= 0.6 is 0 Å². The molecule has 0 spiro atoms. The minimum Gasteiger partial charge on any atom is -0.309 e. The molecular formula is C78H54N2. The van der Waals surface area contributed by atoms with Crippen LogP contribution in [0.5, 0.6) is 0 Å². The van der Waals surface area contributed by atoms with Gasteiger partial charge >= 0.3 is 0 Å². The van der Waals surface area contributed by atoms with Gasteiger partial charge in [0.05, 0.1) is 22.7 Å². The summed E-state index contributed by atoms with van der Waals surface area (Å²) >= 11 is 0. The Labute approximate surface area is 468 Å². The molecule has 0 atom stereocenters. The third-order valence-electron chi connectivity index (χ3n) is 15.6. The Morgan fingerprint density at radius 2 is 0.450 bits per heavy atom. The van der Waals surface area contributed by atoms with Crippen molar-refractivity contribution in [2.45, 2.75) is 0 Å². The highest BCUT2D eigenvalue weighted by Gasteiger charge is 2.25. The lowest BCUT2D eigenvalue weighted by molar-refractivity contribution is 1.28. The van der Waals surface area contributed by atoms with Crippen molar-refractivity contribution in [1.82, 2.24) is 0 Å². The summed E-state index contributed by atoms with van der Waals surface area (Å²) in [7, 11) is 0. The molecule has 14 rings (SSSR count). The first kappa shape index (κ1) is 47.9. The van der Waals surface area contributed by atoms with E-state index in [-0.39, 0.29) is 0 Å². The van der Waals surface area contributed by atoms with Gasteiger partial charge in [0.15, 0.2) is 0 Å². The molecule has 2 heteroatoms. The first-order chi connectivity index (χ1) is 39.7. The lowest BCUT2D eigenvalue weighted by atomic mass is 9.92. The predicted molar refractivity (Wildman–Crippen MR) is 341 cm³/mol. The number of nitrogens with zero attached hydrogens (tertiary/aromatic N) is 2. The fourth-order valence-electron chi connectivity index (χ4n) is 11.8. The second-order valence-electron chi connectivity index (χ2n) is 20.4. The molecule has 0 fully saturated rings. The zero-order chi connectivity index (χ0) is 53.2. The first-order valence-corrected chi connectivity index (χ1v) is 27.5. The van der Waals surface area contributed by atoms with Crippen LogP contribution in [0.2, 0.25) is 0 Å². The Balaban J connectivity index is 1.02. The molecule has 0 aliphatic heterocycles. The Morgan fingerprint density at radius 1 is 0.163 bits per heavy atom. The van der Waals surface area contributed by atoms with Crippen molar-refractivity contribution in [3.63, 3.8) is 0 Å². The highest BCUT2D eigenvalue weighted by molar-refractivity contribution is 6.06. The second-order valence-corrected chi connectivity index (χ2v) is 20.4. The summed E-state index contributed by atoms with van der Waals surface area (Å²) in [5.41, 5.74) is 20.3. The third-order valence-corrected chi connectivity index (χ3v) is 15.6. The van der Waals surface area contributed by atoms with Gasteiger partial charge in [-0.2, -0.15) is 0 Å². The minimum absolute atomic E-state index is 1.06. The fourth-order valence-corrected chi connectivity index (χ4v) is 11.8. The molecular weight excluding hydrogens is 965 g/mol. The van der Waals surface area contributed by atoms with Crippen LogP contribution in [-0.4, -0.2) is 0 Å². The molecule has 80 heavy (non-hydrogen) atoms. The largest absolute Gasteiger partial charge is 0.309 e. The summed E-state index contributed by atoms with van der Waals surface area (Å²) in [6.07, 6.45) is 0. The van der Waals surface area contributed by atoms with Crippen LogP contribution in [0, 0.1) is 0 Å². The first-order valence-electron chi connectivity index (χ1n) is 27.5. The van der Waals surface area contributed by atoms with Crippen LogP contribution in [0.25, 0.3) is 99.1 Å². The SMILES string of the molecule is c1ccc(-c2ccccc2N(c2ccc(-c3cccc4ccccc34)cc2)c2cc3cc(-c4ccccc4)c(N(c4ccc(-c5cccc6ccccc56)cc4)c4ccccc4-c4ccccc4)cc3cc2-c2ccccc2)cc1. The molecule has 0 saturated heterocycles. The summed E-state index contributed by atoms with van der Waals surface area (Å²) in [6, 6.07) is 120. The van der Waals surface area contributed by atoms with Gasteiger partial charge < -0.3 is 9.80 Å². The number of para-hydroxylation sites is 2. The van der Waals surface area contributed by atoms with Crippen molar-refractivity contribution in [2.75, 3.05) is 9.80 Å². The molecule has 0 N–H and O–H groups in total. The molecule has 0 unspecified atom stereocenters. The average Bonchev–Trinajstić information content (AvgIpc) is 3.72. The van der Waals surface area contributed by atoms with Gasteiger partial charge in [-0.1, -0.05) is 267 Å². The summed E-state index contributed by atoms with van der Waals surface area (Å²) in [5, 5.41) is 7.19. The Hall–Kier alpha value is -10.5. The minimum atomic E-state index is 1.06. The van der Waals surface area contributed by atoms with E-state index in [4.69, 9.17) is 0 Å². The average molecular weight is 1020 g/mol. The van der Waals surface area contributed by atoms with E-state index in [9.17, 15) is 0 Å². The number of fused-ring (bicyclic) bond motifs is 3. The molecule has 0 saturated carbocycles. The van der Waals surface area contributed by atoms with Crippen LogP contribution in [-0.2, 0) is 0 Å². The summed E-state index contributed by atoms with van der Waals surface area (Å²) in [4.78, 5) is 4.96. The van der Waals surface area contributed by atoms with Crippen LogP contribution in [0.4, 0.5) is 34.1 Å². The molecule has 14 aromatic carbocycles. The van der Waals surface area contributed by atoms with Gasteiger partial charge in [0.1, 0.15) is 0 Å². The lowest BCUT2D eigenvalue weighted by Crippen LogP contribution is -2.13. The number of rotatable bonds is 12. The highest BCUT2D eigenvalue weighted by atomic mass is 15.2.